The number of ether oxygens (including phenoxy) is 1. The monoisotopic (exact) mass is 527 g/mol. The fourth-order valence-corrected chi connectivity index (χ4v) is 7.12. The molecule has 1 heterocycles. The third-order valence-corrected chi connectivity index (χ3v) is 9.60. The summed E-state index contributed by atoms with van der Waals surface area (Å²) in [5.74, 6) is 0.199. The van der Waals surface area contributed by atoms with Gasteiger partial charge in [0.05, 0.1) is 12.0 Å². The number of aliphatic hydroxyl groups is 1. The molecule has 6 heteroatoms. The lowest BCUT2D eigenvalue weighted by molar-refractivity contribution is -0.142. The Morgan fingerprint density at radius 1 is 1.21 bits per heavy atom. The van der Waals surface area contributed by atoms with Crippen molar-refractivity contribution in [1.82, 2.24) is 5.32 Å². The van der Waals surface area contributed by atoms with E-state index in [-0.39, 0.29) is 29.2 Å². The molecule has 0 amide bonds. The zero-order valence-corrected chi connectivity index (χ0v) is 24.1. The van der Waals surface area contributed by atoms with E-state index in [1.165, 1.54) is 25.7 Å². The summed E-state index contributed by atoms with van der Waals surface area (Å²) in [6.07, 6.45) is 11.3. The second kappa shape index (κ2) is 11.6. The molecule has 3 aliphatic rings. The lowest BCUT2D eigenvalue weighted by atomic mass is 9.66. The Kier molecular flexibility index (Phi) is 8.83. The Morgan fingerprint density at radius 2 is 1.97 bits per heavy atom. The first-order chi connectivity index (χ1) is 17.9. The summed E-state index contributed by atoms with van der Waals surface area (Å²) in [4.78, 5) is 11.5. The average molecular weight is 528 g/mol. The highest BCUT2D eigenvalue weighted by molar-refractivity contribution is 5.71. The van der Waals surface area contributed by atoms with E-state index in [1.807, 2.05) is 6.07 Å². The highest BCUT2D eigenvalue weighted by atomic mass is 16.5. The Hall–Kier alpha value is -2.05. The predicted molar refractivity (Wildman–Crippen MR) is 151 cm³/mol. The van der Waals surface area contributed by atoms with Crippen LogP contribution in [0.25, 0.3) is 0 Å². The molecule has 0 spiro atoms. The molecule has 2 aliphatic carbocycles. The molecule has 1 aliphatic heterocycles. The molecule has 4 unspecified atom stereocenters. The Balaban J connectivity index is 1.51. The standard InChI is InChI=1S/C32H49NO5/c1-6-7-8-9-15-31(2,3)21-17-26(34)29-23-16-20(13-14-24(23)32(4,5)38-28(29)18-21)27(35)19-33-25-12-10-11-22(25)30(36)37/h13,17-18,22-25,27,33-35H,6-12,14-16,19H2,1-5H3,(H,36,37)/t22?,23?,24-,25?,27?/m1/s1. The number of hydrogen-bond acceptors (Lipinski definition) is 5. The van der Waals surface area contributed by atoms with Gasteiger partial charge < -0.3 is 25.4 Å². The van der Waals surface area contributed by atoms with E-state index in [0.29, 0.717) is 25.1 Å². The summed E-state index contributed by atoms with van der Waals surface area (Å²) in [6.45, 7) is 11.3. The third kappa shape index (κ3) is 6.07. The van der Waals surface area contributed by atoms with Gasteiger partial charge in [0.25, 0.3) is 0 Å². The number of phenolic OH excluding ortho intramolecular Hbond substituents is 1. The molecule has 5 atom stereocenters. The van der Waals surface area contributed by atoms with Crippen LogP contribution in [-0.4, -0.2) is 45.6 Å². The van der Waals surface area contributed by atoms with Crippen molar-refractivity contribution in [3.63, 3.8) is 0 Å². The summed E-state index contributed by atoms with van der Waals surface area (Å²) in [5.41, 5.74) is 2.50. The maximum Gasteiger partial charge on any atom is 0.308 e. The lowest BCUT2D eigenvalue weighted by Crippen LogP contribution is -2.46. The van der Waals surface area contributed by atoms with Crippen molar-refractivity contribution in [3.8, 4) is 11.5 Å². The molecule has 0 radical (unpaired) electrons. The van der Waals surface area contributed by atoms with Crippen LogP contribution in [0.15, 0.2) is 23.8 Å². The van der Waals surface area contributed by atoms with Gasteiger partial charge in [-0.15, -0.1) is 0 Å². The zero-order valence-electron chi connectivity index (χ0n) is 24.1. The van der Waals surface area contributed by atoms with Gasteiger partial charge in [-0.05, 0) is 74.6 Å². The molecule has 1 fully saturated rings. The van der Waals surface area contributed by atoms with Crippen molar-refractivity contribution in [2.75, 3.05) is 6.54 Å². The number of aliphatic hydroxyl groups excluding tert-OH is 1. The van der Waals surface area contributed by atoms with Crippen LogP contribution in [0, 0.1) is 11.8 Å². The highest BCUT2D eigenvalue weighted by Gasteiger charge is 2.47. The molecule has 0 aromatic heterocycles. The first kappa shape index (κ1) is 28.9. The number of nitrogens with one attached hydrogen (secondary N) is 1. The zero-order chi connectivity index (χ0) is 27.7. The maximum absolute atomic E-state index is 11.5. The predicted octanol–water partition coefficient (Wildman–Crippen LogP) is 6.44. The van der Waals surface area contributed by atoms with Crippen LogP contribution in [0.5, 0.6) is 11.5 Å². The molecule has 1 aromatic rings. The smallest absolute Gasteiger partial charge is 0.308 e. The van der Waals surface area contributed by atoms with Crippen molar-refractivity contribution in [1.29, 1.82) is 0 Å². The van der Waals surface area contributed by atoms with Gasteiger partial charge >= 0.3 is 5.97 Å². The largest absolute Gasteiger partial charge is 0.508 e. The van der Waals surface area contributed by atoms with Gasteiger partial charge in [-0.25, -0.2) is 0 Å². The van der Waals surface area contributed by atoms with Gasteiger partial charge in [-0.3, -0.25) is 4.79 Å². The second-order valence-electron chi connectivity index (χ2n) is 13.1. The molecular formula is C32H49NO5. The van der Waals surface area contributed by atoms with Crippen molar-refractivity contribution in [2.24, 2.45) is 11.8 Å². The molecule has 38 heavy (non-hydrogen) atoms. The van der Waals surface area contributed by atoms with E-state index >= 15 is 0 Å². The third-order valence-electron chi connectivity index (χ3n) is 9.60. The minimum atomic E-state index is -0.755. The number of aromatic hydroxyl groups is 1. The molecular weight excluding hydrogens is 478 g/mol. The first-order valence-electron chi connectivity index (χ1n) is 14.8. The van der Waals surface area contributed by atoms with E-state index in [4.69, 9.17) is 4.74 Å². The number of hydrogen-bond donors (Lipinski definition) is 4. The molecule has 0 bridgehead atoms. The maximum atomic E-state index is 11.5. The van der Waals surface area contributed by atoms with Crippen LogP contribution in [0.3, 0.4) is 0 Å². The van der Waals surface area contributed by atoms with Gasteiger partial charge in [0.15, 0.2) is 0 Å². The SMILES string of the molecule is CCCCCCC(C)(C)c1cc(O)c2c(c1)OC(C)(C)[C@@H]1CC=C(C(O)CNC3CCCC3C(=O)O)CC21. The number of unbranched alkanes of at least 4 members (excludes halogenated alkanes) is 3. The number of fused-ring (bicyclic) bond motifs is 3. The summed E-state index contributed by atoms with van der Waals surface area (Å²) in [6, 6.07) is 4.00. The van der Waals surface area contributed by atoms with Crippen LogP contribution in [-0.2, 0) is 10.2 Å². The number of carboxylic acid groups (broad SMARTS) is 1. The van der Waals surface area contributed by atoms with E-state index in [1.54, 1.807) is 0 Å². The van der Waals surface area contributed by atoms with Crippen LogP contribution in [0.2, 0.25) is 0 Å². The van der Waals surface area contributed by atoms with Gasteiger partial charge in [0.2, 0.25) is 0 Å². The van der Waals surface area contributed by atoms with E-state index in [9.17, 15) is 20.1 Å². The molecule has 0 saturated heterocycles. The molecule has 1 aromatic carbocycles. The van der Waals surface area contributed by atoms with E-state index < -0.39 is 17.7 Å². The van der Waals surface area contributed by atoms with E-state index in [2.05, 4.69) is 52.1 Å². The van der Waals surface area contributed by atoms with Gasteiger partial charge in [0, 0.05) is 30.0 Å². The summed E-state index contributed by atoms with van der Waals surface area (Å²) >= 11 is 0. The van der Waals surface area contributed by atoms with Crippen molar-refractivity contribution < 1.29 is 24.9 Å². The normalized spacial score (nSPS) is 27.2. The molecule has 4 N–H and O–H groups in total. The molecule has 4 rings (SSSR count). The van der Waals surface area contributed by atoms with Crippen molar-refractivity contribution in [2.45, 2.75) is 128 Å². The summed E-state index contributed by atoms with van der Waals surface area (Å²) < 4.78 is 6.57. The minimum absolute atomic E-state index is 0.0574. The molecule has 212 valence electrons. The van der Waals surface area contributed by atoms with Crippen LogP contribution < -0.4 is 10.1 Å². The fourth-order valence-electron chi connectivity index (χ4n) is 7.12. The van der Waals surface area contributed by atoms with Gasteiger partial charge in [-0.2, -0.15) is 0 Å². The fraction of sp³-hybridized carbons (Fsp3) is 0.719. The van der Waals surface area contributed by atoms with Gasteiger partial charge in [0.1, 0.15) is 17.1 Å². The number of benzene rings is 1. The van der Waals surface area contributed by atoms with Crippen LogP contribution in [0.1, 0.15) is 116 Å². The Labute approximate surface area is 228 Å². The average Bonchev–Trinajstić information content (AvgIpc) is 3.33. The number of aliphatic carboxylic acids is 1. The van der Waals surface area contributed by atoms with Crippen LogP contribution in [0.4, 0.5) is 0 Å². The Morgan fingerprint density at radius 3 is 2.68 bits per heavy atom. The van der Waals surface area contributed by atoms with Gasteiger partial charge in [-0.1, -0.05) is 59.0 Å². The Bertz CT molecular complexity index is 1030. The topological polar surface area (TPSA) is 99.0 Å². The minimum Gasteiger partial charge on any atom is -0.508 e. The number of rotatable bonds is 11. The highest BCUT2D eigenvalue weighted by Crippen LogP contribution is 2.55. The quantitative estimate of drug-likeness (QED) is 0.195. The summed E-state index contributed by atoms with van der Waals surface area (Å²) in [5, 5.41) is 35.2. The van der Waals surface area contributed by atoms with E-state index in [0.717, 1.165) is 48.1 Å². The molecule has 1 saturated carbocycles. The van der Waals surface area contributed by atoms with Crippen molar-refractivity contribution >= 4 is 5.97 Å². The number of carboxylic acids is 1. The second-order valence-corrected chi connectivity index (χ2v) is 13.1. The molecule has 6 nitrogen and oxygen atoms in total. The van der Waals surface area contributed by atoms with Crippen molar-refractivity contribution in [3.05, 3.63) is 34.9 Å². The first-order valence-corrected chi connectivity index (χ1v) is 14.8. The number of carbonyl (C=O) groups is 1. The number of phenols is 1. The number of allylic oxidation sites excluding steroid dienone is 1. The van der Waals surface area contributed by atoms with Crippen LogP contribution >= 0.6 is 0 Å². The summed E-state index contributed by atoms with van der Waals surface area (Å²) in [7, 11) is 0. The lowest BCUT2D eigenvalue weighted by Gasteiger charge is -2.48.